The van der Waals surface area contributed by atoms with E-state index < -0.39 is 166 Å². The topological polar surface area (TPSA) is 440 Å². The van der Waals surface area contributed by atoms with E-state index in [1.54, 1.807) is 53.4 Å². The molecule has 36 heteroatoms. The number of carbonyl (C=O) groups is 11. The van der Waals surface area contributed by atoms with Gasteiger partial charge in [-0.15, -0.1) is 0 Å². The van der Waals surface area contributed by atoms with Crippen LogP contribution >= 0.6 is 0 Å². The fourth-order valence-corrected chi connectivity index (χ4v) is 11.9. The molecule has 7 rings (SSSR count). The number of unbranched alkanes of at least 4 members (excludes halogenated alkanes) is 2. The van der Waals surface area contributed by atoms with Crippen molar-refractivity contribution in [1.82, 2.24) is 66.0 Å². The van der Waals surface area contributed by atoms with E-state index in [2.05, 4.69) is 36.6 Å². The minimum absolute atomic E-state index is 0.00522. The van der Waals surface area contributed by atoms with Crippen LogP contribution < -0.4 is 36.1 Å². The second-order valence-corrected chi connectivity index (χ2v) is 24.7. The zero-order valence-corrected chi connectivity index (χ0v) is 55.7. The molecule has 0 radical (unpaired) electrons. The number of hydrogen-bond acceptors (Lipinski definition) is 21. The standard InChI is InChI=1S/C66H81F4N15O17/c67-65(68)31-42(33-71)84(40-65)56(88)35-77-61(96)46-13-17-73-50-7-5-44(29-48(46)50)101-27-3-1-15-75-54(86)11-9-52(79-55(87)12-10-53(64(99)100)83-25-23-81(38-59(92)93)21-19-80(37-58(90)91)20-22-82(24-26-83)39-60(94)95)63(98)76-16-2-4-28-102-45-6-8-51-49(30-45)47(14-18-74-51)62(97)78-36-57(89)85-41-66(69,70)32-43(85)34-72/h5-8,13-14,17-18,29-30,42-43,52-53H,1-4,9-12,15-16,19-28,31-32,35-41H2,(H,75,86)(H,76,98)(H,77,96)(H,78,97)(H,79,87)(H,90,91)(H,92,93)(H,94,95)(H,99,100)/t42-,43-,52-,53?/m0/s1. The van der Waals surface area contributed by atoms with E-state index >= 15 is 0 Å². The number of halogens is 4. The number of nitrogens with one attached hydrogen (secondary N) is 5. The highest BCUT2D eigenvalue weighted by Gasteiger charge is 2.48. The van der Waals surface area contributed by atoms with Crippen molar-refractivity contribution in [3.63, 3.8) is 0 Å². The molecule has 32 nitrogen and oxygen atoms in total. The molecule has 2 aromatic carbocycles. The van der Waals surface area contributed by atoms with Gasteiger partial charge in [-0.3, -0.25) is 82.3 Å². The second-order valence-electron chi connectivity index (χ2n) is 24.7. The number of alkyl halides is 4. The number of likely N-dealkylation sites (tertiary alicyclic amines) is 2. The molecule has 102 heavy (non-hydrogen) atoms. The van der Waals surface area contributed by atoms with Crippen molar-refractivity contribution in [1.29, 1.82) is 10.5 Å². The van der Waals surface area contributed by atoms with Gasteiger partial charge in [0.05, 0.1) is 93.3 Å². The Morgan fingerprint density at radius 3 is 1.39 bits per heavy atom. The van der Waals surface area contributed by atoms with Crippen LogP contribution in [0.4, 0.5) is 17.6 Å². The first-order valence-corrected chi connectivity index (χ1v) is 33.0. The number of carboxylic acids is 4. The summed E-state index contributed by atoms with van der Waals surface area (Å²) in [5.74, 6) is -15.8. The number of pyridine rings is 2. The van der Waals surface area contributed by atoms with Gasteiger partial charge in [0.1, 0.15) is 35.7 Å². The predicted molar refractivity (Wildman–Crippen MR) is 351 cm³/mol. The SMILES string of the molecule is N#C[C@@H]1CC(F)(F)CN1C(=O)CNC(=O)c1ccnc2ccc(OCCCCNC(=O)CC[C@H](NC(=O)CCC(C(=O)O)N3CCN(CC(=O)O)CCN(CC(=O)O)CCN(CC(=O)O)CC3)C(=O)NCCCCOc3ccc4nccc(C(=O)NCC(=O)N5CC(F)(F)C[C@H]5C#N)c4c3)cc12. The molecule has 0 spiro atoms. The van der Waals surface area contributed by atoms with E-state index in [0.717, 1.165) is 9.80 Å². The van der Waals surface area contributed by atoms with Gasteiger partial charge in [-0.1, -0.05) is 0 Å². The minimum atomic E-state index is -3.25. The summed E-state index contributed by atoms with van der Waals surface area (Å²) in [5.41, 5.74) is 1.00. The Labute approximate surface area is 582 Å². The van der Waals surface area contributed by atoms with Crippen molar-refractivity contribution in [2.24, 2.45) is 0 Å². The maximum Gasteiger partial charge on any atom is 0.320 e. The molecule has 3 aliphatic rings. The van der Waals surface area contributed by atoms with Crippen LogP contribution in [0.2, 0.25) is 0 Å². The number of ether oxygens (including phenoxy) is 2. The van der Waals surface area contributed by atoms with Crippen molar-refractivity contribution in [2.45, 2.75) is 100 Å². The van der Waals surface area contributed by atoms with E-state index in [-0.39, 0.29) is 109 Å². The average Bonchev–Trinajstić information content (AvgIpc) is 0.920. The zero-order chi connectivity index (χ0) is 74.1. The third-order valence-corrected chi connectivity index (χ3v) is 17.1. The fraction of sp³-hybridized carbons (Fsp3) is 0.530. The summed E-state index contributed by atoms with van der Waals surface area (Å²) in [4.78, 5) is 158. The lowest BCUT2D eigenvalue weighted by molar-refractivity contribution is -0.145. The quantitative estimate of drug-likeness (QED) is 0.0232. The Balaban J connectivity index is 0.937. The molecule has 2 aromatic heterocycles. The van der Waals surface area contributed by atoms with Gasteiger partial charge in [-0.2, -0.15) is 10.5 Å². The van der Waals surface area contributed by atoms with Gasteiger partial charge < -0.3 is 66.3 Å². The molecular weight excluding hydrogens is 1350 g/mol. The second kappa shape index (κ2) is 37.8. The number of amides is 7. The van der Waals surface area contributed by atoms with Crippen molar-refractivity contribution in [3.8, 4) is 23.6 Å². The van der Waals surface area contributed by atoms with Crippen LogP contribution in [0.25, 0.3) is 21.8 Å². The number of aromatic nitrogens is 2. The molecule has 0 aliphatic carbocycles. The lowest BCUT2D eigenvalue weighted by atomic mass is 10.1. The van der Waals surface area contributed by atoms with E-state index in [0.29, 0.717) is 59.0 Å². The number of nitrogens with zero attached hydrogens (tertiary/aromatic N) is 10. The van der Waals surface area contributed by atoms with E-state index in [1.807, 2.05) is 0 Å². The van der Waals surface area contributed by atoms with Crippen molar-refractivity contribution >= 4 is 87.0 Å². The predicted octanol–water partition coefficient (Wildman–Crippen LogP) is 0.987. The Morgan fingerprint density at radius 2 is 0.971 bits per heavy atom. The molecule has 5 heterocycles. The fourth-order valence-electron chi connectivity index (χ4n) is 11.9. The molecule has 550 valence electrons. The molecule has 4 atom stereocenters. The molecule has 3 saturated heterocycles. The average molecular weight is 1430 g/mol. The van der Waals surface area contributed by atoms with Gasteiger partial charge in [0.25, 0.3) is 23.7 Å². The summed E-state index contributed by atoms with van der Waals surface area (Å²) in [6.45, 7) is -3.84. The Hall–Kier alpha value is -10.4. The Morgan fingerprint density at radius 1 is 0.549 bits per heavy atom. The van der Waals surface area contributed by atoms with E-state index in [1.165, 1.54) is 39.2 Å². The molecule has 3 aliphatic heterocycles. The molecule has 7 amide bonds. The smallest absolute Gasteiger partial charge is 0.320 e. The van der Waals surface area contributed by atoms with Crippen LogP contribution in [0.3, 0.4) is 0 Å². The number of nitriles is 2. The molecule has 0 saturated carbocycles. The zero-order valence-electron chi connectivity index (χ0n) is 55.7. The Kier molecular flexibility index (Phi) is 29.3. The first-order valence-electron chi connectivity index (χ1n) is 33.0. The van der Waals surface area contributed by atoms with Crippen LogP contribution in [-0.2, 0) is 43.2 Å². The molecule has 4 aromatic rings. The van der Waals surface area contributed by atoms with Gasteiger partial charge in [0.2, 0.25) is 29.5 Å². The molecular formula is C66H81F4N15O17. The highest BCUT2D eigenvalue weighted by atomic mass is 19.3. The maximum atomic E-state index is 14.0. The Bertz CT molecular complexity index is 3750. The maximum absolute atomic E-state index is 14.0. The summed E-state index contributed by atoms with van der Waals surface area (Å²) in [6.07, 6.45) is 1.35. The van der Waals surface area contributed by atoms with E-state index in [9.17, 15) is 101 Å². The van der Waals surface area contributed by atoms with Gasteiger partial charge in [0.15, 0.2) is 0 Å². The van der Waals surface area contributed by atoms with Crippen LogP contribution in [0.15, 0.2) is 60.9 Å². The number of carboxylic acid groups (broad SMARTS) is 4. The van der Waals surface area contributed by atoms with Gasteiger partial charge in [-0.05, 0) is 87.1 Å². The summed E-state index contributed by atoms with van der Waals surface area (Å²) in [6, 6.07) is 10.3. The number of rotatable bonds is 34. The number of carbonyl (C=O) groups excluding carboxylic acids is 7. The summed E-state index contributed by atoms with van der Waals surface area (Å²) >= 11 is 0. The first-order chi connectivity index (χ1) is 48.6. The van der Waals surface area contributed by atoms with Crippen molar-refractivity contribution in [2.75, 3.05) is 124 Å². The highest BCUT2D eigenvalue weighted by molar-refractivity contribution is 6.08. The number of aliphatic carboxylic acids is 4. The third-order valence-electron chi connectivity index (χ3n) is 17.1. The summed E-state index contributed by atoms with van der Waals surface area (Å²) < 4.78 is 67.8. The first kappa shape index (κ1) is 78.9. The van der Waals surface area contributed by atoms with Gasteiger partial charge >= 0.3 is 23.9 Å². The normalized spacial score (nSPS) is 18.1. The monoisotopic (exact) mass is 1430 g/mol. The molecule has 3 fully saturated rings. The van der Waals surface area contributed by atoms with Crippen LogP contribution in [0.1, 0.15) is 84.9 Å². The van der Waals surface area contributed by atoms with Gasteiger partial charge in [0, 0.05) is 114 Å². The lowest BCUT2D eigenvalue weighted by Gasteiger charge is -2.35. The van der Waals surface area contributed by atoms with Crippen LogP contribution in [-0.4, -0.2) is 286 Å². The van der Waals surface area contributed by atoms with Crippen molar-refractivity contribution < 1.29 is 100 Å². The summed E-state index contributed by atoms with van der Waals surface area (Å²) in [7, 11) is 0. The number of fused-ring (bicyclic) bond motifs is 2. The highest BCUT2D eigenvalue weighted by Crippen LogP contribution is 2.33. The van der Waals surface area contributed by atoms with Crippen molar-refractivity contribution in [3.05, 3.63) is 72.1 Å². The number of benzene rings is 2. The summed E-state index contributed by atoms with van der Waals surface area (Å²) in [5, 5.41) is 71.8. The largest absolute Gasteiger partial charge is 0.494 e. The molecule has 1 unspecified atom stereocenters. The minimum Gasteiger partial charge on any atom is -0.494 e. The molecule has 9 N–H and O–H groups in total. The van der Waals surface area contributed by atoms with Crippen LogP contribution in [0.5, 0.6) is 11.5 Å². The van der Waals surface area contributed by atoms with Crippen LogP contribution in [0, 0.1) is 22.7 Å². The van der Waals surface area contributed by atoms with E-state index in [4.69, 9.17) is 9.47 Å². The number of hydrogen-bond donors (Lipinski definition) is 9. The third kappa shape index (κ3) is 24.4. The molecule has 0 bridgehead atoms. The lowest BCUT2D eigenvalue weighted by Crippen LogP contribution is -2.52. The van der Waals surface area contributed by atoms with Gasteiger partial charge in [-0.25, -0.2) is 17.6 Å².